The fraction of sp³-hybridized carbons (Fsp3) is 0.438. The second-order valence-corrected chi connectivity index (χ2v) is 5.36. The minimum atomic E-state index is -0.599. The molecular formula is C16H20N2O2. The molecule has 20 heavy (non-hydrogen) atoms. The van der Waals surface area contributed by atoms with Gasteiger partial charge in [-0.05, 0) is 25.9 Å². The molecule has 0 saturated carbocycles. The Bertz CT molecular complexity index is 532. The Morgan fingerprint density at radius 1 is 1.15 bits per heavy atom. The lowest BCUT2D eigenvalue weighted by atomic mass is 10.1. The van der Waals surface area contributed by atoms with Crippen LogP contribution in [0.1, 0.15) is 31.1 Å². The summed E-state index contributed by atoms with van der Waals surface area (Å²) in [4.78, 5) is 2.29. The quantitative estimate of drug-likeness (QED) is 0.929. The highest BCUT2D eigenvalue weighted by Crippen LogP contribution is 2.23. The maximum Gasteiger partial charge on any atom is 0.167 e. The van der Waals surface area contributed by atoms with Gasteiger partial charge in [0.25, 0.3) is 0 Å². The minimum absolute atomic E-state index is 0.550. The van der Waals surface area contributed by atoms with Crippen LogP contribution in [0.15, 0.2) is 40.9 Å². The smallest absolute Gasteiger partial charge is 0.167 e. The second kappa shape index (κ2) is 6.20. The van der Waals surface area contributed by atoms with Crippen molar-refractivity contribution in [1.82, 2.24) is 10.1 Å². The van der Waals surface area contributed by atoms with E-state index in [1.165, 1.54) is 19.3 Å². The molecule has 2 heterocycles. The van der Waals surface area contributed by atoms with Gasteiger partial charge in [-0.1, -0.05) is 41.9 Å². The van der Waals surface area contributed by atoms with Crippen LogP contribution in [0.4, 0.5) is 0 Å². The van der Waals surface area contributed by atoms with Crippen molar-refractivity contribution in [2.24, 2.45) is 0 Å². The first kappa shape index (κ1) is 13.3. The van der Waals surface area contributed by atoms with Crippen LogP contribution in [0, 0.1) is 0 Å². The lowest BCUT2D eigenvalue weighted by Crippen LogP contribution is -2.33. The molecule has 1 aliphatic rings. The molecule has 1 aliphatic heterocycles. The summed E-state index contributed by atoms with van der Waals surface area (Å²) in [6.45, 7) is 2.76. The first-order chi connectivity index (χ1) is 9.83. The standard InChI is InChI=1S/C16H20N2O2/c19-15(12-18-9-5-2-6-10-18)16-11-14(17-20-16)13-7-3-1-4-8-13/h1,3-4,7-8,11,15,19H,2,5-6,9-10,12H2. The molecule has 1 fully saturated rings. The molecule has 0 radical (unpaired) electrons. The second-order valence-electron chi connectivity index (χ2n) is 5.36. The molecule has 0 spiro atoms. The fourth-order valence-corrected chi connectivity index (χ4v) is 2.67. The summed E-state index contributed by atoms with van der Waals surface area (Å²) in [7, 11) is 0. The molecule has 1 atom stereocenters. The molecule has 1 saturated heterocycles. The molecule has 0 aliphatic carbocycles. The number of aliphatic hydroxyl groups is 1. The summed E-state index contributed by atoms with van der Waals surface area (Å²) in [5.41, 5.74) is 1.78. The van der Waals surface area contributed by atoms with Gasteiger partial charge in [-0.25, -0.2) is 0 Å². The molecule has 4 heteroatoms. The van der Waals surface area contributed by atoms with Crippen LogP contribution in [-0.2, 0) is 0 Å². The van der Waals surface area contributed by atoms with Crippen LogP contribution < -0.4 is 0 Å². The zero-order valence-corrected chi connectivity index (χ0v) is 11.5. The number of nitrogens with zero attached hydrogens (tertiary/aromatic N) is 2. The van der Waals surface area contributed by atoms with Gasteiger partial charge in [-0.3, -0.25) is 0 Å². The Balaban J connectivity index is 1.66. The number of likely N-dealkylation sites (tertiary alicyclic amines) is 1. The van der Waals surface area contributed by atoms with Gasteiger partial charge in [0.15, 0.2) is 5.76 Å². The molecule has 4 nitrogen and oxygen atoms in total. The predicted octanol–water partition coefficient (Wildman–Crippen LogP) is 2.86. The van der Waals surface area contributed by atoms with E-state index in [0.29, 0.717) is 12.3 Å². The number of hydrogen-bond donors (Lipinski definition) is 1. The van der Waals surface area contributed by atoms with Crippen LogP contribution in [0.5, 0.6) is 0 Å². The third kappa shape index (κ3) is 3.08. The summed E-state index contributed by atoms with van der Waals surface area (Å²) in [6, 6.07) is 11.7. The Labute approximate surface area is 119 Å². The predicted molar refractivity (Wildman–Crippen MR) is 77.2 cm³/mol. The van der Waals surface area contributed by atoms with Gasteiger partial charge < -0.3 is 14.5 Å². The third-order valence-corrected chi connectivity index (χ3v) is 3.81. The van der Waals surface area contributed by atoms with Crippen molar-refractivity contribution in [2.45, 2.75) is 25.4 Å². The zero-order valence-electron chi connectivity index (χ0n) is 11.5. The van der Waals surface area contributed by atoms with Crippen LogP contribution in [0.3, 0.4) is 0 Å². The number of rotatable bonds is 4. The maximum atomic E-state index is 10.3. The van der Waals surface area contributed by atoms with Crippen molar-refractivity contribution >= 4 is 0 Å². The van der Waals surface area contributed by atoms with Crippen molar-refractivity contribution in [3.8, 4) is 11.3 Å². The van der Waals surface area contributed by atoms with E-state index in [1.54, 1.807) is 0 Å². The number of hydrogen-bond acceptors (Lipinski definition) is 4. The van der Waals surface area contributed by atoms with E-state index in [4.69, 9.17) is 4.52 Å². The molecular weight excluding hydrogens is 252 g/mol. The van der Waals surface area contributed by atoms with Gasteiger partial charge in [0.2, 0.25) is 0 Å². The topological polar surface area (TPSA) is 49.5 Å². The molecule has 1 aromatic heterocycles. The van der Waals surface area contributed by atoms with Crippen molar-refractivity contribution in [2.75, 3.05) is 19.6 Å². The molecule has 1 unspecified atom stereocenters. The van der Waals surface area contributed by atoms with Gasteiger partial charge in [-0.15, -0.1) is 0 Å². The first-order valence-electron chi connectivity index (χ1n) is 7.25. The molecule has 0 amide bonds. The minimum Gasteiger partial charge on any atom is -0.384 e. The Hall–Kier alpha value is -1.65. The Kier molecular flexibility index (Phi) is 4.14. The summed E-state index contributed by atoms with van der Waals surface area (Å²) < 4.78 is 5.30. The van der Waals surface area contributed by atoms with Crippen molar-refractivity contribution in [1.29, 1.82) is 0 Å². The largest absolute Gasteiger partial charge is 0.384 e. The van der Waals surface area contributed by atoms with Gasteiger partial charge in [-0.2, -0.15) is 0 Å². The molecule has 2 aromatic rings. The molecule has 1 N–H and O–H groups in total. The van der Waals surface area contributed by atoms with E-state index in [-0.39, 0.29) is 0 Å². The molecule has 3 rings (SSSR count). The highest BCUT2D eigenvalue weighted by molar-refractivity contribution is 5.58. The van der Waals surface area contributed by atoms with Crippen LogP contribution >= 0.6 is 0 Å². The van der Waals surface area contributed by atoms with Gasteiger partial charge in [0.1, 0.15) is 11.8 Å². The highest BCUT2D eigenvalue weighted by Gasteiger charge is 2.19. The SMILES string of the molecule is OC(CN1CCCCC1)c1cc(-c2ccccc2)no1. The van der Waals surface area contributed by atoms with Crippen LogP contribution in [0.25, 0.3) is 11.3 Å². The molecule has 1 aromatic carbocycles. The fourth-order valence-electron chi connectivity index (χ4n) is 2.67. The van der Waals surface area contributed by atoms with Crippen LogP contribution in [0.2, 0.25) is 0 Å². The van der Waals surface area contributed by atoms with Gasteiger partial charge in [0, 0.05) is 18.2 Å². The number of benzene rings is 1. The van der Waals surface area contributed by atoms with Crippen molar-refractivity contribution < 1.29 is 9.63 Å². The van der Waals surface area contributed by atoms with E-state index in [9.17, 15) is 5.11 Å². The normalized spacial score (nSPS) is 18.1. The third-order valence-electron chi connectivity index (χ3n) is 3.81. The number of aliphatic hydroxyl groups excluding tert-OH is 1. The van der Waals surface area contributed by atoms with E-state index < -0.39 is 6.10 Å². The summed E-state index contributed by atoms with van der Waals surface area (Å²) in [6.07, 6.45) is 3.14. The first-order valence-corrected chi connectivity index (χ1v) is 7.25. The number of aromatic nitrogens is 1. The van der Waals surface area contributed by atoms with Crippen LogP contribution in [-0.4, -0.2) is 34.8 Å². The monoisotopic (exact) mass is 272 g/mol. The average molecular weight is 272 g/mol. The lowest BCUT2D eigenvalue weighted by molar-refractivity contribution is 0.0798. The van der Waals surface area contributed by atoms with E-state index in [0.717, 1.165) is 24.3 Å². The molecule has 106 valence electrons. The maximum absolute atomic E-state index is 10.3. The lowest BCUT2D eigenvalue weighted by Gasteiger charge is -2.27. The Morgan fingerprint density at radius 2 is 1.90 bits per heavy atom. The van der Waals surface area contributed by atoms with Crippen molar-refractivity contribution in [3.63, 3.8) is 0 Å². The molecule has 0 bridgehead atoms. The summed E-state index contributed by atoms with van der Waals surface area (Å²) in [5.74, 6) is 0.550. The Morgan fingerprint density at radius 3 is 2.65 bits per heavy atom. The van der Waals surface area contributed by atoms with E-state index in [2.05, 4.69) is 10.1 Å². The van der Waals surface area contributed by atoms with E-state index >= 15 is 0 Å². The van der Waals surface area contributed by atoms with Gasteiger partial charge in [0.05, 0.1) is 0 Å². The van der Waals surface area contributed by atoms with Crippen molar-refractivity contribution in [3.05, 3.63) is 42.2 Å². The highest BCUT2D eigenvalue weighted by atomic mass is 16.5. The number of piperidine rings is 1. The van der Waals surface area contributed by atoms with Gasteiger partial charge >= 0.3 is 0 Å². The summed E-state index contributed by atoms with van der Waals surface area (Å²) >= 11 is 0. The number of β-amino-alcohol motifs (C(OH)–C–C–N with tert-alkyl or cyclic N) is 1. The average Bonchev–Trinajstić information content (AvgIpc) is 2.99. The van der Waals surface area contributed by atoms with E-state index in [1.807, 2.05) is 36.4 Å². The zero-order chi connectivity index (χ0) is 13.8. The summed E-state index contributed by atoms with van der Waals surface area (Å²) in [5, 5.41) is 14.3.